The van der Waals surface area contributed by atoms with Gasteiger partial charge < -0.3 is 10.8 Å². The molecule has 0 aromatic heterocycles. The van der Waals surface area contributed by atoms with Gasteiger partial charge in [-0.1, -0.05) is 0 Å². The number of benzene rings is 1. The molecule has 0 aliphatic heterocycles. The fraction of sp³-hybridized carbons (Fsp3) is 0.455. The minimum Gasteiger partial charge on any atom is -0.399 e. The van der Waals surface area contributed by atoms with Crippen molar-refractivity contribution >= 4 is 15.7 Å². The van der Waals surface area contributed by atoms with Crippen molar-refractivity contribution in [2.75, 3.05) is 25.9 Å². The second kappa shape index (κ2) is 5.48. The maximum atomic E-state index is 12.1. The van der Waals surface area contributed by atoms with E-state index >= 15 is 0 Å². The first-order valence-corrected chi connectivity index (χ1v) is 6.77. The van der Waals surface area contributed by atoms with Gasteiger partial charge in [0.2, 0.25) is 10.0 Å². The maximum Gasteiger partial charge on any atom is 0.242 e. The van der Waals surface area contributed by atoms with Crippen LogP contribution in [-0.4, -0.2) is 38.0 Å². The van der Waals surface area contributed by atoms with E-state index < -0.39 is 10.0 Å². The van der Waals surface area contributed by atoms with Crippen molar-refractivity contribution in [3.05, 3.63) is 23.8 Å². The van der Waals surface area contributed by atoms with Crippen LogP contribution in [0.1, 0.15) is 12.0 Å². The van der Waals surface area contributed by atoms with E-state index in [1.807, 2.05) is 0 Å². The van der Waals surface area contributed by atoms with Gasteiger partial charge in [0.1, 0.15) is 0 Å². The van der Waals surface area contributed by atoms with Crippen molar-refractivity contribution in [1.29, 1.82) is 0 Å². The molecular formula is C11H18N2O3S. The van der Waals surface area contributed by atoms with Crippen LogP contribution in [0, 0.1) is 6.92 Å². The molecule has 0 heterocycles. The van der Waals surface area contributed by atoms with Crippen LogP contribution in [0.5, 0.6) is 0 Å². The van der Waals surface area contributed by atoms with E-state index in [2.05, 4.69) is 0 Å². The highest BCUT2D eigenvalue weighted by Gasteiger charge is 2.20. The molecule has 5 nitrogen and oxygen atoms in total. The Hall–Kier alpha value is -1.11. The van der Waals surface area contributed by atoms with Gasteiger partial charge in [-0.2, -0.15) is 0 Å². The molecule has 1 rings (SSSR count). The molecule has 0 bridgehead atoms. The number of aliphatic hydroxyl groups excluding tert-OH is 1. The third kappa shape index (κ3) is 3.18. The number of hydrogen-bond acceptors (Lipinski definition) is 4. The number of aliphatic hydroxyl groups is 1. The largest absolute Gasteiger partial charge is 0.399 e. The number of nitrogen functional groups attached to an aromatic ring is 1. The molecule has 0 radical (unpaired) electrons. The Morgan fingerprint density at radius 3 is 2.59 bits per heavy atom. The Kier molecular flexibility index (Phi) is 4.50. The lowest BCUT2D eigenvalue weighted by Gasteiger charge is -2.17. The van der Waals surface area contributed by atoms with Gasteiger partial charge >= 0.3 is 0 Å². The smallest absolute Gasteiger partial charge is 0.242 e. The van der Waals surface area contributed by atoms with Gasteiger partial charge in [0, 0.05) is 25.9 Å². The predicted octanol–water partition coefficient (Wildman–Crippen LogP) is 0.580. The van der Waals surface area contributed by atoms with Crippen LogP contribution in [0.25, 0.3) is 0 Å². The summed E-state index contributed by atoms with van der Waals surface area (Å²) in [6, 6.07) is 4.63. The summed E-state index contributed by atoms with van der Waals surface area (Å²) in [6.07, 6.45) is 0.420. The Morgan fingerprint density at radius 2 is 2.06 bits per heavy atom. The quantitative estimate of drug-likeness (QED) is 0.757. The second-order valence-electron chi connectivity index (χ2n) is 3.92. The van der Waals surface area contributed by atoms with Gasteiger partial charge in [0.25, 0.3) is 0 Å². The van der Waals surface area contributed by atoms with Gasteiger partial charge in [-0.3, -0.25) is 0 Å². The molecule has 0 saturated heterocycles. The zero-order valence-electron chi connectivity index (χ0n) is 10.0. The molecule has 0 aliphatic rings. The number of aryl methyl sites for hydroxylation is 1. The minimum absolute atomic E-state index is 0.0272. The van der Waals surface area contributed by atoms with E-state index in [0.717, 1.165) is 5.56 Å². The van der Waals surface area contributed by atoms with Crippen molar-refractivity contribution in [3.63, 3.8) is 0 Å². The molecule has 0 unspecified atom stereocenters. The maximum absolute atomic E-state index is 12.1. The van der Waals surface area contributed by atoms with Gasteiger partial charge in [0.15, 0.2) is 0 Å². The monoisotopic (exact) mass is 258 g/mol. The topological polar surface area (TPSA) is 83.6 Å². The Labute approximate surface area is 102 Å². The fourth-order valence-electron chi connectivity index (χ4n) is 1.40. The predicted molar refractivity (Wildman–Crippen MR) is 67.1 cm³/mol. The summed E-state index contributed by atoms with van der Waals surface area (Å²) in [7, 11) is -1.99. The van der Waals surface area contributed by atoms with Gasteiger partial charge in [-0.15, -0.1) is 0 Å². The van der Waals surface area contributed by atoms with Crippen LogP contribution in [-0.2, 0) is 10.0 Å². The molecule has 17 heavy (non-hydrogen) atoms. The van der Waals surface area contributed by atoms with E-state index in [4.69, 9.17) is 10.8 Å². The molecule has 1 aromatic carbocycles. The Balaban J connectivity index is 3.00. The van der Waals surface area contributed by atoms with Crippen molar-refractivity contribution in [3.8, 4) is 0 Å². The lowest BCUT2D eigenvalue weighted by atomic mass is 10.2. The molecule has 1 aromatic rings. The lowest BCUT2D eigenvalue weighted by Crippen LogP contribution is -2.28. The Bertz CT molecular complexity index is 485. The number of anilines is 1. The molecule has 0 aliphatic carbocycles. The number of rotatable bonds is 5. The van der Waals surface area contributed by atoms with Gasteiger partial charge in [-0.25, -0.2) is 12.7 Å². The Morgan fingerprint density at radius 1 is 1.41 bits per heavy atom. The van der Waals surface area contributed by atoms with E-state index in [0.29, 0.717) is 18.7 Å². The SMILES string of the molecule is Cc1cc(S(=O)(=O)N(C)CCCO)ccc1N. The summed E-state index contributed by atoms with van der Waals surface area (Å²) in [5, 5.41) is 8.69. The lowest BCUT2D eigenvalue weighted by molar-refractivity contribution is 0.275. The average Bonchev–Trinajstić information content (AvgIpc) is 2.29. The summed E-state index contributed by atoms with van der Waals surface area (Å²) in [4.78, 5) is 0.227. The van der Waals surface area contributed by atoms with Crippen LogP contribution >= 0.6 is 0 Å². The number of nitrogens with two attached hydrogens (primary N) is 1. The molecule has 3 N–H and O–H groups in total. The normalized spacial score (nSPS) is 12.0. The zero-order valence-corrected chi connectivity index (χ0v) is 10.9. The summed E-state index contributed by atoms with van der Waals surface area (Å²) < 4.78 is 25.4. The molecule has 0 fully saturated rings. The second-order valence-corrected chi connectivity index (χ2v) is 5.97. The molecule has 0 amide bonds. The van der Waals surface area contributed by atoms with Crippen LogP contribution in [0.2, 0.25) is 0 Å². The highest BCUT2D eigenvalue weighted by Crippen LogP contribution is 2.19. The van der Waals surface area contributed by atoms with Crippen molar-refractivity contribution in [2.45, 2.75) is 18.2 Å². The van der Waals surface area contributed by atoms with Crippen LogP contribution in [0.15, 0.2) is 23.1 Å². The van der Waals surface area contributed by atoms with Crippen LogP contribution in [0.4, 0.5) is 5.69 Å². The first kappa shape index (κ1) is 14.0. The first-order valence-electron chi connectivity index (χ1n) is 5.33. The van der Waals surface area contributed by atoms with Crippen LogP contribution in [0.3, 0.4) is 0 Å². The summed E-state index contributed by atoms with van der Waals surface area (Å²) in [6.45, 7) is 2.03. The summed E-state index contributed by atoms with van der Waals surface area (Å²) in [5.41, 5.74) is 6.96. The fourth-order valence-corrected chi connectivity index (χ4v) is 2.70. The molecule has 0 atom stereocenters. The standard InChI is InChI=1S/C11H18N2O3S/c1-9-8-10(4-5-11(9)12)17(15,16)13(2)6-3-7-14/h4-5,8,14H,3,6-7,12H2,1-2H3. The van der Waals surface area contributed by atoms with Gasteiger partial charge in [-0.05, 0) is 37.1 Å². The van der Waals surface area contributed by atoms with E-state index in [1.165, 1.54) is 17.4 Å². The third-order valence-corrected chi connectivity index (χ3v) is 4.43. The molecule has 96 valence electrons. The van der Waals surface area contributed by atoms with Crippen molar-refractivity contribution in [2.24, 2.45) is 0 Å². The van der Waals surface area contributed by atoms with E-state index in [-0.39, 0.29) is 11.5 Å². The third-order valence-electron chi connectivity index (χ3n) is 2.58. The number of sulfonamides is 1. The van der Waals surface area contributed by atoms with Gasteiger partial charge in [0.05, 0.1) is 4.90 Å². The molecule has 0 spiro atoms. The first-order chi connectivity index (χ1) is 7.89. The minimum atomic E-state index is -3.48. The van der Waals surface area contributed by atoms with Crippen molar-refractivity contribution < 1.29 is 13.5 Å². The number of hydrogen-bond donors (Lipinski definition) is 2. The van der Waals surface area contributed by atoms with E-state index in [9.17, 15) is 8.42 Å². The highest BCUT2D eigenvalue weighted by atomic mass is 32.2. The summed E-state index contributed by atoms with van der Waals surface area (Å²) >= 11 is 0. The van der Waals surface area contributed by atoms with E-state index in [1.54, 1.807) is 19.1 Å². The van der Waals surface area contributed by atoms with Crippen LogP contribution < -0.4 is 5.73 Å². The molecule has 0 saturated carbocycles. The zero-order chi connectivity index (χ0) is 13.1. The highest BCUT2D eigenvalue weighted by molar-refractivity contribution is 7.89. The molecular weight excluding hydrogens is 240 g/mol. The summed E-state index contributed by atoms with van der Waals surface area (Å²) in [5.74, 6) is 0. The van der Waals surface area contributed by atoms with Crippen molar-refractivity contribution in [1.82, 2.24) is 4.31 Å². The molecule has 6 heteroatoms. The average molecular weight is 258 g/mol. The number of nitrogens with zero attached hydrogens (tertiary/aromatic N) is 1.